The molecular weight excluding hydrogens is 160 g/mol. The summed E-state index contributed by atoms with van der Waals surface area (Å²) in [7, 11) is 0. The third-order valence-electron chi connectivity index (χ3n) is 1.64. The summed E-state index contributed by atoms with van der Waals surface area (Å²) >= 11 is 0. The number of aliphatic hydroxyl groups is 2. The first-order valence-corrected chi connectivity index (χ1v) is 3.86. The number of aliphatic hydroxyl groups excluding tert-OH is 2. The molecule has 12 heavy (non-hydrogen) atoms. The molecule has 0 bridgehead atoms. The van der Waals surface area contributed by atoms with E-state index in [9.17, 15) is 4.79 Å². The Bertz CT molecular complexity index is 137. The van der Waals surface area contributed by atoms with Crippen LogP contribution in [0.4, 0.5) is 0 Å². The summed E-state index contributed by atoms with van der Waals surface area (Å²) in [6, 6.07) is -0.369. The fourth-order valence-corrected chi connectivity index (χ4v) is 0.631. The molecule has 1 amide bonds. The molecule has 0 aliphatic heterocycles. The molecule has 0 aromatic heterocycles. The molecule has 0 aromatic carbocycles. The average Bonchev–Trinajstić information content (AvgIpc) is 2.05. The highest BCUT2D eigenvalue weighted by Gasteiger charge is 2.11. The largest absolute Gasteiger partial charge is 0.395 e. The van der Waals surface area contributed by atoms with E-state index in [-0.39, 0.29) is 25.2 Å². The molecule has 5 heteroatoms. The normalized spacial score (nSPS) is 13.3. The maximum absolute atomic E-state index is 10.5. The standard InChI is InChI=1S/C7H16N2O3/c1-5(7(8)12)2-9-6(3-10)4-11/h5-6,9-11H,2-4H2,1H3,(H2,8,12). The van der Waals surface area contributed by atoms with E-state index in [0.717, 1.165) is 0 Å². The minimum absolute atomic E-state index is 0.151. The van der Waals surface area contributed by atoms with Crippen LogP contribution in [0, 0.1) is 5.92 Å². The van der Waals surface area contributed by atoms with Crippen molar-refractivity contribution in [3.05, 3.63) is 0 Å². The van der Waals surface area contributed by atoms with E-state index >= 15 is 0 Å². The van der Waals surface area contributed by atoms with Gasteiger partial charge in [0, 0.05) is 12.5 Å². The van der Waals surface area contributed by atoms with Gasteiger partial charge in [0.2, 0.25) is 5.91 Å². The Kier molecular flexibility index (Phi) is 5.61. The van der Waals surface area contributed by atoms with Crippen LogP contribution in [0.1, 0.15) is 6.92 Å². The Labute approximate surface area is 71.6 Å². The highest BCUT2D eigenvalue weighted by molar-refractivity contribution is 5.76. The first-order valence-electron chi connectivity index (χ1n) is 3.86. The molecule has 0 aromatic rings. The molecule has 0 rings (SSSR count). The Balaban J connectivity index is 3.58. The molecule has 0 spiro atoms. The first kappa shape index (κ1) is 11.4. The van der Waals surface area contributed by atoms with E-state index in [4.69, 9.17) is 15.9 Å². The molecule has 5 N–H and O–H groups in total. The summed E-state index contributed by atoms with van der Waals surface area (Å²) in [5.41, 5.74) is 5.00. The van der Waals surface area contributed by atoms with Crippen LogP contribution < -0.4 is 11.1 Å². The lowest BCUT2D eigenvalue weighted by Crippen LogP contribution is -2.41. The molecule has 1 atom stereocenters. The smallest absolute Gasteiger partial charge is 0.221 e. The van der Waals surface area contributed by atoms with Crippen LogP contribution >= 0.6 is 0 Å². The lowest BCUT2D eigenvalue weighted by molar-refractivity contribution is -0.121. The fourth-order valence-electron chi connectivity index (χ4n) is 0.631. The van der Waals surface area contributed by atoms with Crippen LogP contribution in [0.2, 0.25) is 0 Å². The lowest BCUT2D eigenvalue weighted by Gasteiger charge is -2.15. The second-order valence-corrected chi connectivity index (χ2v) is 2.77. The number of hydrogen-bond acceptors (Lipinski definition) is 4. The van der Waals surface area contributed by atoms with Gasteiger partial charge in [-0.25, -0.2) is 0 Å². The maximum atomic E-state index is 10.5. The number of hydrogen-bond donors (Lipinski definition) is 4. The zero-order chi connectivity index (χ0) is 9.56. The first-order chi connectivity index (χ1) is 5.61. The van der Waals surface area contributed by atoms with Gasteiger partial charge in [0.25, 0.3) is 0 Å². The van der Waals surface area contributed by atoms with Crippen molar-refractivity contribution < 1.29 is 15.0 Å². The van der Waals surface area contributed by atoms with Crippen LogP contribution in [0.3, 0.4) is 0 Å². The molecular formula is C7H16N2O3. The van der Waals surface area contributed by atoms with Crippen molar-refractivity contribution >= 4 is 5.91 Å². The second-order valence-electron chi connectivity index (χ2n) is 2.77. The topological polar surface area (TPSA) is 95.6 Å². The number of nitrogens with two attached hydrogens (primary N) is 1. The van der Waals surface area contributed by atoms with Gasteiger partial charge in [-0.3, -0.25) is 4.79 Å². The number of carbonyl (C=O) groups is 1. The molecule has 0 fully saturated rings. The van der Waals surface area contributed by atoms with Crippen molar-refractivity contribution in [2.24, 2.45) is 11.7 Å². The summed E-state index contributed by atoms with van der Waals surface area (Å²) in [5, 5.41) is 20.1. The monoisotopic (exact) mass is 176 g/mol. The predicted molar refractivity (Wildman–Crippen MR) is 44.3 cm³/mol. The number of amides is 1. The van der Waals surface area contributed by atoms with Gasteiger partial charge in [0.05, 0.1) is 19.3 Å². The Morgan fingerprint density at radius 1 is 1.50 bits per heavy atom. The Morgan fingerprint density at radius 3 is 2.33 bits per heavy atom. The molecule has 0 aliphatic carbocycles. The van der Waals surface area contributed by atoms with Gasteiger partial charge in [-0.1, -0.05) is 6.92 Å². The van der Waals surface area contributed by atoms with Gasteiger partial charge < -0.3 is 21.3 Å². The number of nitrogens with one attached hydrogen (secondary N) is 1. The third kappa shape index (κ3) is 4.27. The van der Waals surface area contributed by atoms with Crippen molar-refractivity contribution in [2.75, 3.05) is 19.8 Å². The fraction of sp³-hybridized carbons (Fsp3) is 0.857. The molecule has 0 radical (unpaired) electrons. The van der Waals surface area contributed by atoms with E-state index in [1.54, 1.807) is 6.92 Å². The SMILES string of the molecule is CC(CNC(CO)CO)C(N)=O. The van der Waals surface area contributed by atoms with Gasteiger partial charge >= 0.3 is 0 Å². The van der Waals surface area contributed by atoms with E-state index in [2.05, 4.69) is 5.32 Å². The summed E-state index contributed by atoms with van der Waals surface area (Å²) < 4.78 is 0. The molecule has 5 nitrogen and oxygen atoms in total. The second kappa shape index (κ2) is 5.93. The summed E-state index contributed by atoms with van der Waals surface area (Å²) in [6.07, 6.45) is 0. The van der Waals surface area contributed by atoms with Gasteiger partial charge in [-0.05, 0) is 0 Å². The van der Waals surface area contributed by atoms with Crippen molar-refractivity contribution in [1.82, 2.24) is 5.32 Å². The zero-order valence-electron chi connectivity index (χ0n) is 7.16. The van der Waals surface area contributed by atoms with Crippen molar-refractivity contribution in [1.29, 1.82) is 0 Å². The summed E-state index contributed by atoms with van der Waals surface area (Å²) in [5.74, 6) is -0.678. The van der Waals surface area contributed by atoms with Crippen LogP contribution in [-0.2, 0) is 4.79 Å². The van der Waals surface area contributed by atoms with E-state index in [1.807, 2.05) is 0 Å². The maximum Gasteiger partial charge on any atom is 0.221 e. The quantitative estimate of drug-likeness (QED) is 0.378. The van der Waals surface area contributed by atoms with Gasteiger partial charge in [0.1, 0.15) is 0 Å². The summed E-state index contributed by atoms with van der Waals surface area (Å²) in [4.78, 5) is 10.5. The van der Waals surface area contributed by atoms with E-state index in [0.29, 0.717) is 6.54 Å². The number of rotatable bonds is 6. The van der Waals surface area contributed by atoms with Gasteiger partial charge in [0.15, 0.2) is 0 Å². The highest BCUT2D eigenvalue weighted by atomic mass is 16.3. The highest BCUT2D eigenvalue weighted by Crippen LogP contribution is 1.90. The van der Waals surface area contributed by atoms with E-state index in [1.165, 1.54) is 0 Å². The predicted octanol–water partition coefficient (Wildman–Crippen LogP) is -1.95. The molecule has 0 heterocycles. The molecule has 72 valence electrons. The van der Waals surface area contributed by atoms with E-state index < -0.39 is 5.91 Å². The van der Waals surface area contributed by atoms with Crippen LogP contribution in [0.25, 0.3) is 0 Å². The van der Waals surface area contributed by atoms with Crippen LogP contribution in [0.15, 0.2) is 0 Å². The van der Waals surface area contributed by atoms with Gasteiger partial charge in [-0.2, -0.15) is 0 Å². The molecule has 0 saturated heterocycles. The van der Waals surface area contributed by atoms with Crippen LogP contribution in [0.5, 0.6) is 0 Å². The van der Waals surface area contributed by atoms with Crippen molar-refractivity contribution in [2.45, 2.75) is 13.0 Å². The molecule has 0 saturated carbocycles. The minimum atomic E-state index is -0.392. The van der Waals surface area contributed by atoms with Crippen LogP contribution in [-0.4, -0.2) is 41.9 Å². The lowest BCUT2D eigenvalue weighted by atomic mass is 10.1. The zero-order valence-corrected chi connectivity index (χ0v) is 7.16. The third-order valence-corrected chi connectivity index (χ3v) is 1.64. The summed E-state index contributed by atoms with van der Waals surface area (Å²) in [6.45, 7) is 1.76. The molecule has 0 aliphatic rings. The van der Waals surface area contributed by atoms with Crippen molar-refractivity contribution in [3.63, 3.8) is 0 Å². The number of carbonyl (C=O) groups excluding carboxylic acids is 1. The van der Waals surface area contributed by atoms with Crippen molar-refractivity contribution in [3.8, 4) is 0 Å². The number of primary amides is 1. The molecule has 1 unspecified atom stereocenters. The Hall–Kier alpha value is -0.650. The Morgan fingerprint density at radius 2 is 2.00 bits per heavy atom. The minimum Gasteiger partial charge on any atom is -0.395 e. The average molecular weight is 176 g/mol. The van der Waals surface area contributed by atoms with Gasteiger partial charge in [-0.15, -0.1) is 0 Å².